The number of aliphatic hydroxyl groups is 4. The molecule has 0 spiro atoms. The predicted octanol–water partition coefficient (Wildman–Crippen LogP) is -2.62. The summed E-state index contributed by atoms with van der Waals surface area (Å²) in [4.78, 5) is 10.8. The molecule has 0 radical (unpaired) electrons. The van der Waals surface area contributed by atoms with Crippen LogP contribution in [0.4, 0.5) is 0 Å². The van der Waals surface area contributed by atoms with Crippen molar-refractivity contribution in [3.05, 3.63) is 0 Å². The van der Waals surface area contributed by atoms with Crippen LogP contribution in [0.25, 0.3) is 0 Å². The number of ketones is 1. The Hall–Kier alpha value is -0.530. The van der Waals surface area contributed by atoms with Crippen molar-refractivity contribution in [2.24, 2.45) is 0 Å². The number of hydrogen-bond acceptors (Lipinski definition) is 6. The highest BCUT2D eigenvalue weighted by atomic mass is 16.6. The summed E-state index contributed by atoms with van der Waals surface area (Å²) < 4.78 is 4.59. The minimum Gasteiger partial charge on any atom is -0.387 e. The molecule has 0 unspecified atom stereocenters. The summed E-state index contributed by atoms with van der Waals surface area (Å²) >= 11 is 0. The highest BCUT2D eigenvalue weighted by Crippen LogP contribution is 2.20. The Morgan fingerprint density at radius 1 is 1.08 bits per heavy atom. The largest absolute Gasteiger partial charge is 0.387 e. The van der Waals surface area contributed by atoms with E-state index in [-0.39, 0.29) is 0 Å². The highest BCUT2D eigenvalue weighted by Gasteiger charge is 2.44. The van der Waals surface area contributed by atoms with E-state index in [0.717, 1.165) is 6.92 Å². The van der Waals surface area contributed by atoms with Crippen LogP contribution in [0.3, 0.4) is 0 Å². The summed E-state index contributed by atoms with van der Waals surface area (Å²) in [6.07, 6.45) is -7.60. The van der Waals surface area contributed by atoms with Crippen LogP contribution in [-0.2, 0) is 9.53 Å². The lowest BCUT2D eigenvalue weighted by molar-refractivity contribution is -0.274. The van der Waals surface area contributed by atoms with Gasteiger partial charge in [-0.15, -0.1) is 0 Å². The molecule has 1 fully saturated rings. The molecule has 1 aliphatic rings. The average Bonchev–Trinajstić information content (AvgIpc) is 2.07. The summed E-state index contributed by atoms with van der Waals surface area (Å²) in [6, 6.07) is 0. The first-order chi connectivity index (χ1) is 5.95. The molecule has 76 valence electrons. The molecule has 1 aliphatic heterocycles. The SMILES string of the molecule is CC(=O)[C@@H]1O[C@@H](O)[C@H](O)[C@@H](O)[C@@H]1O. The summed E-state index contributed by atoms with van der Waals surface area (Å²) in [5, 5.41) is 36.4. The van der Waals surface area contributed by atoms with Crippen LogP contribution in [0.2, 0.25) is 0 Å². The van der Waals surface area contributed by atoms with E-state index < -0.39 is 36.5 Å². The van der Waals surface area contributed by atoms with E-state index in [1.807, 2.05) is 0 Å². The van der Waals surface area contributed by atoms with E-state index >= 15 is 0 Å². The van der Waals surface area contributed by atoms with Crippen LogP contribution in [0.1, 0.15) is 6.92 Å². The maximum absolute atomic E-state index is 10.8. The van der Waals surface area contributed by atoms with Crippen LogP contribution in [0.5, 0.6) is 0 Å². The molecule has 13 heavy (non-hydrogen) atoms. The molecule has 0 aromatic heterocycles. The van der Waals surface area contributed by atoms with Gasteiger partial charge in [0.25, 0.3) is 0 Å². The maximum atomic E-state index is 10.8. The Labute approximate surface area is 74.4 Å². The van der Waals surface area contributed by atoms with Crippen molar-refractivity contribution in [3.8, 4) is 0 Å². The van der Waals surface area contributed by atoms with Crippen molar-refractivity contribution in [1.29, 1.82) is 0 Å². The van der Waals surface area contributed by atoms with Gasteiger partial charge in [0.2, 0.25) is 0 Å². The molecule has 0 aromatic carbocycles. The fourth-order valence-corrected chi connectivity index (χ4v) is 1.20. The predicted molar refractivity (Wildman–Crippen MR) is 39.6 cm³/mol. The Morgan fingerprint density at radius 3 is 2.08 bits per heavy atom. The Bertz CT molecular complexity index is 205. The molecule has 0 aromatic rings. The van der Waals surface area contributed by atoms with Gasteiger partial charge in [-0.2, -0.15) is 0 Å². The van der Waals surface area contributed by atoms with Crippen molar-refractivity contribution in [3.63, 3.8) is 0 Å². The summed E-state index contributed by atoms with van der Waals surface area (Å²) in [5.41, 5.74) is 0. The molecule has 4 N–H and O–H groups in total. The second kappa shape index (κ2) is 3.69. The summed E-state index contributed by atoms with van der Waals surface area (Å²) in [5.74, 6) is -0.516. The van der Waals surface area contributed by atoms with Crippen LogP contribution < -0.4 is 0 Å². The molecule has 6 heteroatoms. The zero-order valence-corrected chi connectivity index (χ0v) is 6.99. The van der Waals surface area contributed by atoms with Gasteiger partial charge in [0, 0.05) is 0 Å². The molecular weight excluding hydrogens is 180 g/mol. The number of ether oxygens (including phenoxy) is 1. The van der Waals surface area contributed by atoms with Gasteiger partial charge < -0.3 is 25.2 Å². The van der Waals surface area contributed by atoms with Gasteiger partial charge in [-0.25, -0.2) is 0 Å². The third-order valence-corrected chi connectivity index (χ3v) is 1.99. The number of hydrogen-bond donors (Lipinski definition) is 4. The topological polar surface area (TPSA) is 107 Å². The number of aliphatic hydroxyl groups excluding tert-OH is 4. The third-order valence-electron chi connectivity index (χ3n) is 1.99. The molecule has 5 atom stereocenters. The number of Topliss-reactive ketones (excluding diaryl/α,β-unsaturated/α-hetero) is 1. The van der Waals surface area contributed by atoms with E-state index in [9.17, 15) is 9.90 Å². The first kappa shape index (κ1) is 10.6. The zero-order valence-electron chi connectivity index (χ0n) is 6.99. The normalized spacial score (nSPS) is 46.1. The van der Waals surface area contributed by atoms with Gasteiger partial charge in [0.15, 0.2) is 12.1 Å². The fraction of sp³-hybridized carbons (Fsp3) is 0.857. The van der Waals surface area contributed by atoms with Crippen molar-refractivity contribution < 1.29 is 30.0 Å². The smallest absolute Gasteiger partial charge is 0.184 e. The molecule has 0 saturated carbocycles. The van der Waals surface area contributed by atoms with Crippen LogP contribution >= 0.6 is 0 Å². The highest BCUT2D eigenvalue weighted by molar-refractivity contribution is 5.81. The molecule has 1 rings (SSSR count). The first-order valence-electron chi connectivity index (χ1n) is 3.83. The minimum absolute atomic E-state index is 0.516. The van der Waals surface area contributed by atoms with Crippen LogP contribution in [0, 0.1) is 0 Å². The molecule has 1 heterocycles. The lowest BCUT2D eigenvalue weighted by Gasteiger charge is -2.37. The van der Waals surface area contributed by atoms with Gasteiger partial charge >= 0.3 is 0 Å². The summed E-state index contributed by atoms with van der Waals surface area (Å²) in [6.45, 7) is 1.16. The van der Waals surface area contributed by atoms with Crippen molar-refractivity contribution in [2.45, 2.75) is 37.6 Å². The lowest BCUT2D eigenvalue weighted by atomic mass is 9.97. The van der Waals surface area contributed by atoms with E-state index in [1.54, 1.807) is 0 Å². The maximum Gasteiger partial charge on any atom is 0.184 e. The molecule has 0 bridgehead atoms. The van der Waals surface area contributed by atoms with Gasteiger partial charge in [0.1, 0.15) is 24.4 Å². The molecule has 1 saturated heterocycles. The van der Waals surface area contributed by atoms with Gasteiger partial charge in [-0.1, -0.05) is 0 Å². The third kappa shape index (κ3) is 1.87. The monoisotopic (exact) mass is 192 g/mol. The molecule has 6 nitrogen and oxygen atoms in total. The second-order valence-electron chi connectivity index (χ2n) is 3.03. The van der Waals surface area contributed by atoms with Crippen LogP contribution in [0.15, 0.2) is 0 Å². The average molecular weight is 192 g/mol. The van der Waals surface area contributed by atoms with Gasteiger partial charge in [-0.3, -0.25) is 4.79 Å². The van der Waals surface area contributed by atoms with Gasteiger partial charge in [-0.05, 0) is 6.92 Å². The van der Waals surface area contributed by atoms with E-state index in [0.29, 0.717) is 0 Å². The first-order valence-corrected chi connectivity index (χ1v) is 3.83. The standard InChI is InChI=1S/C7H12O6/c1-2(8)6-4(10)3(9)5(11)7(12)13-6/h3-7,9-12H,1H3/t3-,4-,5+,6-,7+/m0/s1. The number of carbonyl (C=O) groups is 1. The Balaban J connectivity index is 2.76. The minimum atomic E-state index is -1.65. The van der Waals surface area contributed by atoms with E-state index in [4.69, 9.17) is 15.3 Å². The van der Waals surface area contributed by atoms with Gasteiger partial charge in [0.05, 0.1) is 0 Å². The zero-order chi connectivity index (χ0) is 10.2. The molecule has 0 aliphatic carbocycles. The van der Waals surface area contributed by atoms with Crippen molar-refractivity contribution >= 4 is 5.78 Å². The molecular formula is C7H12O6. The Morgan fingerprint density at radius 2 is 1.62 bits per heavy atom. The van der Waals surface area contributed by atoms with E-state index in [1.165, 1.54) is 0 Å². The lowest BCUT2D eigenvalue weighted by Crippen LogP contribution is -2.59. The second-order valence-corrected chi connectivity index (χ2v) is 3.03. The van der Waals surface area contributed by atoms with Crippen LogP contribution in [-0.4, -0.2) is 56.9 Å². The van der Waals surface area contributed by atoms with Crippen molar-refractivity contribution in [2.75, 3.05) is 0 Å². The number of rotatable bonds is 1. The number of carbonyl (C=O) groups excluding carboxylic acids is 1. The quantitative estimate of drug-likeness (QED) is 0.362. The molecule has 0 amide bonds. The van der Waals surface area contributed by atoms with E-state index in [2.05, 4.69) is 4.74 Å². The Kier molecular flexibility index (Phi) is 2.99. The van der Waals surface area contributed by atoms with Crippen molar-refractivity contribution in [1.82, 2.24) is 0 Å². The fourth-order valence-electron chi connectivity index (χ4n) is 1.20. The summed E-state index contributed by atoms with van der Waals surface area (Å²) in [7, 11) is 0.